The lowest BCUT2D eigenvalue weighted by Gasteiger charge is -2.09. The second-order valence-corrected chi connectivity index (χ2v) is 4.01. The maximum absolute atomic E-state index is 5.77. The topological polar surface area (TPSA) is 52.0 Å². The molecule has 1 rings (SSSR count). The molecule has 4 N–H and O–H groups in total. The van der Waals surface area contributed by atoms with Crippen LogP contribution in [0.4, 0.5) is 11.4 Å². The molecule has 6 heteroatoms. The van der Waals surface area contributed by atoms with Crippen molar-refractivity contribution < 1.29 is 0 Å². The van der Waals surface area contributed by atoms with Crippen LogP contribution in [0.3, 0.4) is 0 Å². The molecule has 0 saturated heterocycles. The van der Waals surface area contributed by atoms with Gasteiger partial charge >= 0.3 is 0 Å². The summed E-state index contributed by atoms with van der Waals surface area (Å²) in [4.78, 5) is 0. The van der Waals surface area contributed by atoms with Crippen LogP contribution in [0.5, 0.6) is 0 Å². The summed E-state index contributed by atoms with van der Waals surface area (Å²) in [5, 5.41) is 0.765. The van der Waals surface area contributed by atoms with Crippen LogP contribution >= 0.6 is 50.7 Å². The average molecular weight is 290 g/mol. The highest BCUT2D eigenvalue weighted by Crippen LogP contribution is 2.44. The lowest BCUT2D eigenvalue weighted by atomic mass is 10.3. The third-order valence-electron chi connectivity index (χ3n) is 1.34. The summed E-state index contributed by atoms with van der Waals surface area (Å²) in [6.45, 7) is 0. The Balaban J connectivity index is 3.60. The summed E-state index contributed by atoms with van der Waals surface area (Å²) < 4.78 is 0.461. The molecule has 2 nitrogen and oxygen atoms in total. The summed E-state index contributed by atoms with van der Waals surface area (Å²) in [5.41, 5.74) is 11.5. The molecule has 0 atom stereocenters. The molecular weight excluding hydrogens is 286 g/mol. The number of nitrogens with two attached hydrogens (primary N) is 2. The molecule has 1 aromatic carbocycles. The minimum absolute atomic E-state index is 0.204. The Kier molecular flexibility index (Phi) is 2.99. The first-order valence-corrected chi connectivity index (χ1v) is 4.76. The van der Waals surface area contributed by atoms with Gasteiger partial charge in [0.15, 0.2) is 0 Å². The van der Waals surface area contributed by atoms with Gasteiger partial charge in [-0.05, 0) is 15.9 Å². The highest BCUT2D eigenvalue weighted by atomic mass is 79.9. The van der Waals surface area contributed by atoms with Crippen molar-refractivity contribution in [2.75, 3.05) is 11.5 Å². The highest BCUT2D eigenvalue weighted by molar-refractivity contribution is 9.10. The van der Waals surface area contributed by atoms with E-state index >= 15 is 0 Å². The molecule has 12 heavy (non-hydrogen) atoms. The summed E-state index contributed by atoms with van der Waals surface area (Å²) in [6.07, 6.45) is 0. The monoisotopic (exact) mass is 288 g/mol. The van der Waals surface area contributed by atoms with Gasteiger partial charge in [-0.2, -0.15) is 0 Å². The number of rotatable bonds is 0. The van der Waals surface area contributed by atoms with E-state index in [9.17, 15) is 0 Å². The fourth-order valence-electron chi connectivity index (χ4n) is 0.666. The second kappa shape index (κ2) is 3.50. The number of hydrogen-bond acceptors (Lipinski definition) is 2. The van der Waals surface area contributed by atoms with Gasteiger partial charge in [0.05, 0.1) is 30.9 Å². The summed E-state index contributed by atoms with van der Waals surface area (Å²) in [7, 11) is 0. The van der Waals surface area contributed by atoms with E-state index in [1.54, 1.807) is 0 Å². The van der Waals surface area contributed by atoms with Crippen molar-refractivity contribution in [2.24, 2.45) is 0 Å². The lowest BCUT2D eigenvalue weighted by Crippen LogP contribution is -1.97. The normalized spacial score (nSPS) is 10.3. The van der Waals surface area contributed by atoms with Gasteiger partial charge in [-0.15, -0.1) is 0 Å². The third-order valence-corrected chi connectivity index (χ3v) is 3.85. The predicted molar refractivity (Wildman–Crippen MR) is 58.0 cm³/mol. The van der Waals surface area contributed by atoms with Crippen LogP contribution in [-0.4, -0.2) is 0 Å². The fraction of sp³-hybridized carbons (Fsp3) is 0. The molecule has 0 aliphatic rings. The molecule has 0 aliphatic carbocycles. The Morgan fingerprint density at radius 3 is 1.75 bits per heavy atom. The van der Waals surface area contributed by atoms with Gasteiger partial charge in [-0.1, -0.05) is 34.8 Å². The Morgan fingerprint density at radius 2 is 1.25 bits per heavy atom. The van der Waals surface area contributed by atoms with Crippen LogP contribution in [-0.2, 0) is 0 Å². The molecule has 0 fully saturated rings. The quantitative estimate of drug-likeness (QED) is 0.436. The van der Waals surface area contributed by atoms with E-state index in [0.29, 0.717) is 4.47 Å². The zero-order chi connectivity index (χ0) is 9.46. The molecular formula is C6H4BrCl3N2. The minimum Gasteiger partial charge on any atom is -0.396 e. The SMILES string of the molecule is Nc1c(N)c(Cl)c(Br)c(Cl)c1Cl. The van der Waals surface area contributed by atoms with Crippen LogP contribution in [0.1, 0.15) is 0 Å². The van der Waals surface area contributed by atoms with Crippen molar-refractivity contribution in [1.82, 2.24) is 0 Å². The summed E-state index contributed by atoms with van der Waals surface area (Å²) >= 11 is 20.4. The fourth-order valence-corrected chi connectivity index (χ4v) is 1.83. The van der Waals surface area contributed by atoms with Gasteiger partial charge in [-0.25, -0.2) is 0 Å². The van der Waals surface area contributed by atoms with E-state index in [1.165, 1.54) is 0 Å². The van der Waals surface area contributed by atoms with Crippen molar-refractivity contribution in [3.63, 3.8) is 0 Å². The summed E-state index contributed by atoms with van der Waals surface area (Å²) in [5.74, 6) is 0. The van der Waals surface area contributed by atoms with Crippen molar-refractivity contribution >= 4 is 62.1 Å². The van der Waals surface area contributed by atoms with Gasteiger partial charge in [0.25, 0.3) is 0 Å². The predicted octanol–water partition coefficient (Wildman–Crippen LogP) is 3.57. The molecule has 0 heterocycles. The molecule has 0 bridgehead atoms. The third kappa shape index (κ3) is 1.46. The van der Waals surface area contributed by atoms with Gasteiger partial charge in [-0.3, -0.25) is 0 Å². The minimum atomic E-state index is 0.204. The molecule has 0 radical (unpaired) electrons. The van der Waals surface area contributed by atoms with Gasteiger partial charge in [0.1, 0.15) is 0 Å². The van der Waals surface area contributed by atoms with E-state index < -0.39 is 0 Å². The second-order valence-electron chi connectivity index (χ2n) is 2.08. The lowest BCUT2D eigenvalue weighted by molar-refractivity contribution is 1.61. The van der Waals surface area contributed by atoms with Crippen LogP contribution in [0.25, 0.3) is 0 Å². The van der Waals surface area contributed by atoms with E-state index in [1.807, 2.05) is 0 Å². The van der Waals surface area contributed by atoms with Crippen LogP contribution in [0.15, 0.2) is 4.47 Å². The molecule has 0 aliphatic heterocycles. The van der Waals surface area contributed by atoms with Crippen molar-refractivity contribution in [1.29, 1.82) is 0 Å². The largest absolute Gasteiger partial charge is 0.396 e. The molecule has 1 aromatic rings. The van der Waals surface area contributed by atoms with Gasteiger partial charge in [0, 0.05) is 0 Å². The molecule has 0 unspecified atom stereocenters. The number of nitrogen functional groups attached to an aromatic ring is 2. The van der Waals surface area contributed by atoms with Crippen LogP contribution < -0.4 is 11.5 Å². The first kappa shape index (κ1) is 10.3. The average Bonchev–Trinajstić information content (AvgIpc) is 2.08. The Labute approximate surface area is 92.9 Å². The Bertz CT molecular complexity index is 235. The van der Waals surface area contributed by atoms with Gasteiger partial charge in [0.2, 0.25) is 0 Å². The zero-order valence-corrected chi connectivity index (χ0v) is 9.52. The Morgan fingerprint density at radius 1 is 0.833 bits per heavy atom. The maximum Gasteiger partial charge on any atom is 0.0855 e. The number of anilines is 2. The first-order chi connectivity index (χ1) is 5.46. The molecule has 66 valence electrons. The zero-order valence-electron chi connectivity index (χ0n) is 5.67. The van der Waals surface area contributed by atoms with Crippen molar-refractivity contribution in [3.8, 4) is 0 Å². The van der Waals surface area contributed by atoms with E-state index in [-0.39, 0.29) is 26.4 Å². The molecule has 0 spiro atoms. The summed E-state index contributed by atoms with van der Waals surface area (Å²) in [6, 6.07) is 0. The molecule has 0 saturated carbocycles. The van der Waals surface area contributed by atoms with E-state index in [0.717, 1.165) is 0 Å². The van der Waals surface area contributed by atoms with Crippen LogP contribution in [0, 0.1) is 0 Å². The number of halogens is 4. The van der Waals surface area contributed by atoms with Crippen molar-refractivity contribution in [3.05, 3.63) is 19.5 Å². The number of benzene rings is 1. The maximum atomic E-state index is 5.77. The highest BCUT2D eigenvalue weighted by Gasteiger charge is 2.15. The Hall–Kier alpha value is 0.170. The number of hydrogen-bond donors (Lipinski definition) is 2. The molecule has 0 amide bonds. The molecule has 0 aromatic heterocycles. The van der Waals surface area contributed by atoms with Gasteiger partial charge < -0.3 is 11.5 Å². The smallest absolute Gasteiger partial charge is 0.0855 e. The van der Waals surface area contributed by atoms with E-state index in [2.05, 4.69) is 15.9 Å². The van der Waals surface area contributed by atoms with Crippen LogP contribution in [0.2, 0.25) is 15.1 Å². The first-order valence-electron chi connectivity index (χ1n) is 2.83. The standard InChI is InChI=1S/C6H4BrCl3N2/c7-1-2(8)4(10)6(12)5(11)3(1)9/h11-12H2. The van der Waals surface area contributed by atoms with Crippen molar-refractivity contribution in [2.45, 2.75) is 0 Å². The van der Waals surface area contributed by atoms with E-state index in [4.69, 9.17) is 46.3 Å².